The van der Waals surface area contributed by atoms with E-state index in [1.807, 2.05) is 6.92 Å². The van der Waals surface area contributed by atoms with Crippen molar-refractivity contribution in [1.29, 1.82) is 0 Å². The number of urea groups is 1. The molecule has 1 atom stereocenters. The Balaban J connectivity index is 1.92. The zero-order valence-corrected chi connectivity index (χ0v) is 12.2. The molecule has 1 unspecified atom stereocenters. The molecule has 0 bridgehead atoms. The van der Waals surface area contributed by atoms with Gasteiger partial charge >= 0.3 is 6.03 Å². The lowest BCUT2D eigenvalue weighted by Crippen LogP contribution is -2.58. The number of imide groups is 2. The molecule has 0 spiro atoms. The number of nitrogens with zero attached hydrogens (tertiary/aromatic N) is 1. The molecule has 0 aromatic carbocycles. The van der Waals surface area contributed by atoms with E-state index in [-0.39, 0.29) is 5.91 Å². The molecule has 0 aromatic rings. The summed E-state index contributed by atoms with van der Waals surface area (Å²) in [5.41, 5.74) is 0. The number of hydrogen-bond donors (Lipinski definition) is 1. The summed E-state index contributed by atoms with van der Waals surface area (Å²) in [5.74, 6) is -0.803. The van der Waals surface area contributed by atoms with Crippen molar-refractivity contribution in [1.82, 2.24) is 10.2 Å². The van der Waals surface area contributed by atoms with Gasteiger partial charge < -0.3 is 0 Å². The molecule has 1 aliphatic heterocycles. The van der Waals surface area contributed by atoms with E-state index in [0.717, 1.165) is 12.8 Å². The number of hydrogen-bond acceptors (Lipinski definition) is 3. The van der Waals surface area contributed by atoms with Gasteiger partial charge in [-0.3, -0.25) is 19.8 Å². The van der Waals surface area contributed by atoms with E-state index in [0.29, 0.717) is 18.9 Å². The fourth-order valence-electron chi connectivity index (χ4n) is 3.20. The molecule has 2 rings (SSSR count). The Morgan fingerprint density at radius 2 is 1.80 bits per heavy atom. The minimum Gasteiger partial charge on any atom is -0.277 e. The van der Waals surface area contributed by atoms with Crippen molar-refractivity contribution in [2.75, 3.05) is 6.54 Å². The van der Waals surface area contributed by atoms with Crippen LogP contribution in [0.25, 0.3) is 0 Å². The van der Waals surface area contributed by atoms with Crippen LogP contribution in [0.5, 0.6) is 0 Å². The molecule has 2 aliphatic rings. The highest BCUT2D eigenvalue weighted by Crippen LogP contribution is 2.27. The molecule has 112 valence electrons. The second kappa shape index (κ2) is 6.86. The summed E-state index contributed by atoms with van der Waals surface area (Å²) in [5, 5.41) is 2.31. The maximum absolute atomic E-state index is 12.3. The Morgan fingerprint density at radius 3 is 2.45 bits per heavy atom. The van der Waals surface area contributed by atoms with Crippen molar-refractivity contribution in [3.63, 3.8) is 0 Å². The van der Waals surface area contributed by atoms with Crippen LogP contribution >= 0.6 is 0 Å². The molecule has 5 heteroatoms. The number of amides is 4. The van der Waals surface area contributed by atoms with E-state index < -0.39 is 17.9 Å². The van der Waals surface area contributed by atoms with E-state index in [1.54, 1.807) is 0 Å². The average Bonchev–Trinajstić information content (AvgIpc) is 2.44. The van der Waals surface area contributed by atoms with Crippen LogP contribution in [0.4, 0.5) is 4.79 Å². The first-order valence-corrected chi connectivity index (χ1v) is 7.79. The molecule has 4 amide bonds. The SMILES string of the molecule is CCCC1C(=O)NC(=O)N(CCC2CCCCC2)C1=O. The van der Waals surface area contributed by atoms with Crippen LogP contribution < -0.4 is 5.32 Å². The van der Waals surface area contributed by atoms with Gasteiger partial charge in [0.25, 0.3) is 0 Å². The van der Waals surface area contributed by atoms with Crippen LogP contribution in [0, 0.1) is 11.8 Å². The van der Waals surface area contributed by atoms with Crippen LogP contribution in [-0.2, 0) is 9.59 Å². The van der Waals surface area contributed by atoms with E-state index in [4.69, 9.17) is 0 Å². The topological polar surface area (TPSA) is 66.5 Å². The van der Waals surface area contributed by atoms with E-state index in [9.17, 15) is 14.4 Å². The van der Waals surface area contributed by atoms with Crippen molar-refractivity contribution in [2.24, 2.45) is 11.8 Å². The normalized spacial score (nSPS) is 24.9. The first-order chi connectivity index (χ1) is 9.63. The van der Waals surface area contributed by atoms with E-state index in [2.05, 4.69) is 5.32 Å². The number of carbonyl (C=O) groups excluding carboxylic acids is 3. The maximum atomic E-state index is 12.3. The van der Waals surface area contributed by atoms with Crippen molar-refractivity contribution < 1.29 is 14.4 Å². The number of rotatable bonds is 5. The van der Waals surface area contributed by atoms with Crippen molar-refractivity contribution >= 4 is 17.8 Å². The Kier molecular flexibility index (Phi) is 5.15. The third kappa shape index (κ3) is 3.38. The van der Waals surface area contributed by atoms with Gasteiger partial charge in [0, 0.05) is 6.54 Å². The zero-order valence-electron chi connectivity index (χ0n) is 12.2. The molecule has 1 N–H and O–H groups in total. The average molecular weight is 280 g/mol. The lowest BCUT2D eigenvalue weighted by Gasteiger charge is -2.31. The smallest absolute Gasteiger partial charge is 0.277 e. The second-order valence-electron chi connectivity index (χ2n) is 5.92. The molecular weight excluding hydrogens is 256 g/mol. The third-order valence-electron chi connectivity index (χ3n) is 4.42. The van der Waals surface area contributed by atoms with Gasteiger partial charge in [0.1, 0.15) is 5.92 Å². The molecule has 1 saturated carbocycles. The number of carbonyl (C=O) groups is 3. The zero-order chi connectivity index (χ0) is 14.5. The number of barbiturate groups is 1. The van der Waals surface area contributed by atoms with Crippen LogP contribution in [0.1, 0.15) is 58.3 Å². The molecule has 1 aliphatic carbocycles. The van der Waals surface area contributed by atoms with Crippen LogP contribution in [-0.4, -0.2) is 29.3 Å². The Bertz CT molecular complexity index is 389. The molecule has 1 heterocycles. The highest BCUT2D eigenvalue weighted by molar-refractivity contribution is 6.16. The largest absolute Gasteiger partial charge is 0.330 e. The van der Waals surface area contributed by atoms with Crippen molar-refractivity contribution in [3.8, 4) is 0 Å². The highest BCUT2D eigenvalue weighted by Gasteiger charge is 2.39. The maximum Gasteiger partial charge on any atom is 0.330 e. The van der Waals surface area contributed by atoms with Gasteiger partial charge in [-0.15, -0.1) is 0 Å². The Labute approximate surface area is 120 Å². The van der Waals surface area contributed by atoms with Gasteiger partial charge in [-0.25, -0.2) is 4.79 Å². The minimum absolute atomic E-state index is 0.309. The van der Waals surface area contributed by atoms with Crippen molar-refractivity contribution in [2.45, 2.75) is 58.3 Å². The number of nitrogens with one attached hydrogen (secondary N) is 1. The predicted molar refractivity (Wildman–Crippen MR) is 74.8 cm³/mol. The Hall–Kier alpha value is -1.39. The summed E-state index contributed by atoms with van der Waals surface area (Å²) in [6, 6.07) is -0.539. The summed E-state index contributed by atoms with van der Waals surface area (Å²) < 4.78 is 0. The summed E-state index contributed by atoms with van der Waals surface area (Å²) in [6.45, 7) is 2.38. The van der Waals surface area contributed by atoms with Gasteiger partial charge in [0.05, 0.1) is 0 Å². The monoisotopic (exact) mass is 280 g/mol. The molecule has 5 nitrogen and oxygen atoms in total. The molecule has 20 heavy (non-hydrogen) atoms. The lowest BCUT2D eigenvalue weighted by molar-refractivity contribution is -0.143. The van der Waals surface area contributed by atoms with E-state index in [1.165, 1.54) is 37.0 Å². The fraction of sp³-hybridized carbons (Fsp3) is 0.800. The summed E-state index contributed by atoms with van der Waals surface area (Å²) >= 11 is 0. The third-order valence-corrected chi connectivity index (χ3v) is 4.42. The summed E-state index contributed by atoms with van der Waals surface area (Å²) in [4.78, 5) is 37.0. The van der Waals surface area contributed by atoms with Crippen LogP contribution in [0.3, 0.4) is 0 Å². The quantitative estimate of drug-likeness (QED) is 0.787. The first kappa shape index (κ1) is 15.0. The molecular formula is C15H24N2O3. The van der Waals surface area contributed by atoms with Crippen LogP contribution in [0.15, 0.2) is 0 Å². The summed E-state index contributed by atoms with van der Waals surface area (Å²) in [7, 11) is 0. The second-order valence-corrected chi connectivity index (χ2v) is 5.92. The van der Waals surface area contributed by atoms with Gasteiger partial charge in [-0.2, -0.15) is 0 Å². The predicted octanol–water partition coefficient (Wildman–Crippen LogP) is 2.45. The molecule has 0 aromatic heterocycles. The highest BCUT2D eigenvalue weighted by atomic mass is 16.2. The van der Waals surface area contributed by atoms with Crippen molar-refractivity contribution in [3.05, 3.63) is 0 Å². The van der Waals surface area contributed by atoms with Gasteiger partial charge in [0.2, 0.25) is 11.8 Å². The fourth-order valence-corrected chi connectivity index (χ4v) is 3.20. The van der Waals surface area contributed by atoms with E-state index >= 15 is 0 Å². The molecule has 0 radical (unpaired) electrons. The van der Waals surface area contributed by atoms with Gasteiger partial charge in [-0.05, 0) is 18.8 Å². The van der Waals surface area contributed by atoms with Gasteiger partial charge in [-0.1, -0.05) is 45.4 Å². The standard InChI is InChI=1S/C15H24N2O3/c1-2-6-12-13(18)16-15(20)17(14(12)19)10-9-11-7-4-3-5-8-11/h11-12H,2-10H2,1H3,(H,16,18,20). The Morgan fingerprint density at radius 1 is 1.10 bits per heavy atom. The van der Waals surface area contributed by atoms with Gasteiger partial charge in [0.15, 0.2) is 0 Å². The van der Waals surface area contributed by atoms with Crippen LogP contribution in [0.2, 0.25) is 0 Å². The minimum atomic E-state index is -0.677. The molecule has 1 saturated heterocycles. The first-order valence-electron chi connectivity index (χ1n) is 7.79. The lowest BCUT2D eigenvalue weighted by atomic mass is 9.87. The molecule has 2 fully saturated rings. The summed E-state index contributed by atoms with van der Waals surface area (Å²) in [6.07, 6.45) is 8.33.